The van der Waals surface area contributed by atoms with Crippen molar-refractivity contribution >= 4 is 27.8 Å². The van der Waals surface area contributed by atoms with Crippen LogP contribution in [0.15, 0.2) is 27.6 Å². The van der Waals surface area contributed by atoms with E-state index in [1.54, 1.807) is 19.2 Å². The molecule has 94 valence electrons. The van der Waals surface area contributed by atoms with E-state index in [0.29, 0.717) is 5.82 Å². The number of carbonyl (C=O) groups is 1. The summed E-state index contributed by atoms with van der Waals surface area (Å²) in [6, 6.07) is 3.00. The molecule has 2 rings (SSSR count). The molecule has 0 aliphatic heterocycles. The zero-order chi connectivity index (χ0) is 13.1. The van der Waals surface area contributed by atoms with Crippen molar-refractivity contribution < 1.29 is 4.79 Å². The quantitative estimate of drug-likeness (QED) is 0.871. The molecule has 18 heavy (non-hydrogen) atoms. The fourth-order valence-electron chi connectivity index (χ4n) is 1.34. The van der Waals surface area contributed by atoms with Gasteiger partial charge in [-0.3, -0.25) is 20.0 Å². The highest BCUT2D eigenvalue weighted by molar-refractivity contribution is 9.10. The first-order valence-electron chi connectivity index (χ1n) is 5.09. The molecule has 2 aromatic rings. The molecule has 7 nitrogen and oxygen atoms in total. The van der Waals surface area contributed by atoms with E-state index in [0.717, 1.165) is 4.47 Å². The number of pyridine rings is 1. The minimum Gasteiger partial charge on any atom is -0.305 e. The Labute approximate surface area is 110 Å². The highest BCUT2D eigenvalue weighted by Gasteiger charge is 2.08. The molecule has 0 bridgehead atoms. The Hall–Kier alpha value is -1.96. The summed E-state index contributed by atoms with van der Waals surface area (Å²) >= 11 is 3.24. The number of carbonyl (C=O) groups excluding carboxylic acids is 1. The van der Waals surface area contributed by atoms with Crippen molar-refractivity contribution in [3.05, 3.63) is 39.0 Å². The number of aromatic amines is 1. The van der Waals surface area contributed by atoms with Crippen LogP contribution in [0.1, 0.15) is 5.82 Å². The van der Waals surface area contributed by atoms with Crippen molar-refractivity contribution in [3.63, 3.8) is 0 Å². The number of halogens is 1. The SMILES string of the molecule is Cc1nc(NC(=O)Cn2cc(Br)ccc2=O)n[nH]1. The van der Waals surface area contributed by atoms with Gasteiger partial charge >= 0.3 is 0 Å². The Kier molecular flexibility index (Phi) is 3.56. The topological polar surface area (TPSA) is 92.7 Å². The Balaban J connectivity index is 2.07. The van der Waals surface area contributed by atoms with Gasteiger partial charge in [0.2, 0.25) is 11.9 Å². The minimum atomic E-state index is -0.366. The second-order valence-corrected chi connectivity index (χ2v) is 4.52. The molecule has 0 aliphatic carbocycles. The third kappa shape index (κ3) is 3.04. The summed E-state index contributed by atoms with van der Waals surface area (Å²) < 4.78 is 2.02. The lowest BCUT2D eigenvalue weighted by Gasteiger charge is -2.04. The van der Waals surface area contributed by atoms with Gasteiger partial charge in [-0.15, -0.1) is 5.10 Å². The van der Waals surface area contributed by atoms with E-state index in [9.17, 15) is 9.59 Å². The molecular weight excluding hydrogens is 302 g/mol. The van der Waals surface area contributed by atoms with E-state index in [4.69, 9.17) is 0 Å². The molecule has 2 heterocycles. The molecule has 0 fully saturated rings. The first kappa shape index (κ1) is 12.5. The van der Waals surface area contributed by atoms with Gasteiger partial charge in [-0.2, -0.15) is 4.98 Å². The molecule has 0 spiro atoms. The third-order valence-corrected chi connectivity index (χ3v) is 2.58. The molecule has 0 saturated heterocycles. The largest absolute Gasteiger partial charge is 0.305 e. The van der Waals surface area contributed by atoms with Crippen LogP contribution in [-0.2, 0) is 11.3 Å². The van der Waals surface area contributed by atoms with Gasteiger partial charge < -0.3 is 4.57 Å². The van der Waals surface area contributed by atoms with E-state index in [2.05, 4.69) is 36.4 Å². The van der Waals surface area contributed by atoms with Crippen molar-refractivity contribution in [1.29, 1.82) is 0 Å². The van der Waals surface area contributed by atoms with Crippen molar-refractivity contribution in [1.82, 2.24) is 19.7 Å². The Bertz CT molecular complexity index is 633. The van der Waals surface area contributed by atoms with Crippen LogP contribution in [-0.4, -0.2) is 25.7 Å². The first-order chi connectivity index (χ1) is 8.54. The average Bonchev–Trinajstić information content (AvgIpc) is 2.69. The highest BCUT2D eigenvalue weighted by atomic mass is 79.9. The molecule has 1 amide bonds. The Morgan fingerprint density at radius 1 is 1.56 bits per heavy atom. The van der Waals surface area contributed by atoms with Gasteiger partial charge in [0.25, 0.3) is 5.56 Å². The predicted octanol–water partition coefficient (Wildman–Crippen LogP) is 0.676. The van der Waals surface area contributed by atoms with E-state index in [-0.39, 0.29) is 24.0 Å². The van der Waals surface area contributed by atoms with Crippen LogP contribution in [0.5, 0.6) is 0 Å². The molecule has 2 aromatic heterocycles. The van der Waals surface area contributed by atoms with Crippen LogP contribution < -0.4 is 10.9 Å². The van der Waals surface area contributed by atoms with Gasteiger partial charge in [0.1, 0.15) is 12.4 Å². The van der Waals surface area contributed by atoms with Gasteiger partial charge in [0.15, 0.2) is 0 Å². The first-order valence-corrected chi connectivity index (χ1v) is 5.89. The summed E-state index contributed by atoms with van der Waals surface area (Å²) in [4.78, 5) is 27.1. The fourth-order valence-corrected chi connectivity index (χ4v) is 1.72. The van der Waals surface area contributed by atoms with Crippen LogP contribution in [0.4, 0.5) is 5.95 Å². The number of aromatic nitrogens is 4. The second-order valence-electron chi connectivity index (χ2n) is 3.61. The maximum atomic E-state index is 11.7. The second kappa shape index (κ2) is 5.13. The Morgan fingerprint density at radius 3 is 3.00 bits per heavy atom. The predicted molar refractivity (Wildman–Crippen MR) is 68.2 cm³/mol. The lowest BCUT2D eigenvalue weighted by Crippen LogP contribution is -2.27. The standard InChI is InChI=1S/C10H10BrN5O2/c1-6-12-10(15-14-6)13-8(17)5-16-4-7(11)2-3-9(16)18/h2-4H,5H2,1H3,(H2,12,13,14,15,17). The lowest BCUT2D eigenvalue weighted by atomic mass is 10.4. The van der Waals surface area contributed by atoms with Crippen molar-refractivity contribution in [3.8, 4) is 0 Å². The average molecular weight is 312 g/mol. The molecule has 0 saturated carbocycles. The zero-order valence-corrected chi connectivity index (χ0v) is 11.1. The number of aryl methyl sites for hydroxylation is 1. The molecule has 0 radical (unpaired) electrons. The maximum Gasteiger partial charge on any atom is 0.251 e. The van der Waals surface area contributed by atoms with Gasteiger partial charge in [-0.1, -0.05) is 0 Å². The molecule has 8 heteroatoms. The van der Waals surface area contributed by atoms with Crippen molar-refractivity contribution in [2.45, 2.75) is 13.5 Å². The maximum absolute atomic E-state index is 11.7. The van der Waals surface area contributed by atoms with E-state index in [1.165, 1.54) is 10.6 Å². The van der Waals surface area contributed by atoms with E-state index >= 15 is 0 Å². The molecule has 0 atom stereocenters. The van der Waals surface area contributed by atoms with Crippen LogP contribution in [0, 0.1) is 6.92 Å². The number of nitrogens with zero attached hydrogens (tertiary/aromatic N) is 3. The van der Waals surface area contributed by atoms with Crippen molar-refractivity contribution in [2.24, 2.45) is 0 Å². The lowest BCUT2D eigenvalue weighted by molar-refractivity contribution is -0.116. The summed E-state index contributed by atoms with van der Waals surface area (Å²) in [5, 5.41) is 8.87. The molecule has 0 aliphatic rings. The Morgan fingerprint density at radius 2 is 2.33 bits per heavy atom. The van der Waals surface area contributed by atoms with Crippen LogP contribution in [0.2, 0.25) is 0 Å². The minimum absolute atomic E-state index is 0.0914. The smallest absolute Gasteiger partial charge is 0.251 e. The van der Waals surface area contributed by atoms with Crippen LogP contribution in [0.3, 0.4) is 0 Å². The summed E-state index contributed by atoms with van der Waals surface area (Å²) in [5.74, 6) is 0.430. The van der Waals surface area contributed by atoms with E-state index in [1.807, 2.05) is 0 Å². The highest BCUT2D eigenvalue weighted by Crippen LogP contribution is 2.05. The van der Waals surface area contributed by atoms with Gasteiger partial charge in [0.05, 0.1) is 0 Å². The van der Waals surface area contributed by atoms with Gasteiger partial charge in [-0.05, 0) is 28.9 Å². The van der Waals surface area contributed by atoms with E-state index < -0.39 is 0 Å². The number of hydrogen-bond acceptors (Lipinski definition) is 4. The monoisotopic (exact) mass is 311 g/mol. The van der Waals surface area contributed by atoms with Gasteiger partial charge in [0, 0.05) is 16.7 Å². The number of amides is 1. The summed E-state index contributed by atoms with van der Waals surface area (Å²) in [5.41, 5.74) is -0.250. The fraction of sp³-hybridized carbons (Fsp3) is 0.200. The molecular formula is C10H10BrN5O2. The molecule has 0 unspecified atom stereocenters. The summed E-state index contributed by atoms with van der Waals surface area (Å²) in [6.45, 7) is 1.63. The van der Waals surface area contributed by atoms with Crippen LogP contribution in [0.25, 0.3) is 0 Å². The number of rotatable bonds is 3. The third-order valence-electron chi connectivity index (χ3n) is 2.11. The number of H-pyrrole nitrogens is 1. The zero-order valence-electron chi connectivity index (χ0n) is 9.48. The normalized spacial score (nSPS) is 10.3. The molecule has 2 N–H and O–H groups in total. The van der Waals surface area contributed by atoms with Crippen molar-refractivity contribution in [2.75, 3.05) is 5.32 Å². The number of anilines is 1. The van der Waals surface area contributed by atoms with Gasteiger partial charge in [-0.25, -0.2) is 0 Å². The summed E-state index contributed by atoms with van der Waals surface area (Å²) in [7, 11) is 0. The number of nitrogens with one attached hydrogen (secondary N) is 2. The molecule has 0 aromatic carbocycles. The summed E-state index contributed by atoms with van der Waals surface area (Å²) in [6.07, 6.45) is 1.55. The van der Waals surface area contributed by atoms with Crippen LogP contribution >= 0.6 is 15.9 Å². The number of hydrogen-bond donors (Lipinski definition) is 2.